The molecule has 0 saturated heterocycles. The zero-order valence-corrected chi connectivity index (χ0v) is 9.33. The van der Waals surface area contributed by atoms with E-state index < -0.39 is 0 Å². The Balaban J connectivity index is 3.80. The molecule has 0 aromatic rings. The van der Waals surface area contributed by atoms with Crippen LogP contribution in [0.1, 0.15) is 46.0 Å². The van der Waals surface area contributed by atoms with Crippen molar-refractivity contribution in [2.75, 3.05) is 13.2 Å². The summed E-state index contributed by atoms with van der Waals surface area (Å²) in [5.74, 6) is 0. The van der Waals surface area contributed by atoms with Crippen molar-refractivity contribution in [3.8, 4) is 0 Å². The Kier molecular flexibility index (Phi) is 8.68. The molecule has 0 fully saturated rings. The summed E-state index contributed by atoms with van der Waals surface area (Å²) in [6.07, 6.45) is 6.57. The van der Waals surface area contributed by atoms with Crippen molar-refractivity contribution in [2.45, 2.75) is 46.0 Å². The summed E-state index contributed by atoms with van der Waals surface area (Å²) in [6, 6.07) is 0. The van der Waals surface area contributed by atoms with Gasteiger partial charge in [0.05, 0.1) is 0 Å². The summed E-state index contributed by atoms with van der Waals surface area (Å²) in [6.45, 7) is 4.68. The van der Waals surface area contributed by atoms with Crippen molar-refractivity contribution in [1.82, 2.24) is 5.06 Å². The molecule has 14 heavy (non-hydrogen) atoms. The number of hydrogen-bond donors (Lipinski definition) is 1. The van der Waals surface area contributed by atoms with Crippen LogP contribution in [0.2, 0.25) is 0 Å². The zero-order chi connectivity index (χ0) is 10.8. The minimum atomic E-state index is 0.252. The number of hydroxylamine groups is 2. The highest BCUT2D eigenvalue weighted by atomic mass is 16.5. The maximum Gasteiger partial charge on any atom is 0.0431 e. The van der Waals surface area contributed by atoms with Gasteiger partial charge in [-0.25, -0.2) is 0 Å². The summed E-state index contributed by atoms with van der Waals surface area (Å²) >= 11 is 0. The van der Waals surface area contributed by atoms with Gasteiger partial charge in [0.15, 0.2) is 0 Å². The molecule has 0 bridgehead atoms. The Morgan fingerprint density at radius 2 is 2.00 bits per heavy atom. The van der Waals surface area contributed by atoms with E-state index in [9.17, 15) is 5.21 Å². The van der Waals surface area contributed by atoms with Gasteiger partial charge < -0.3 is 15.4 Å². The number of rotatable bonds is 8. The molecule has 0 saturated carbocycles. The van der Waals surface area contributed by atoms with E-state index in [1.165, 1.54) is 0 Å². The Bertz CT molecular complexity index is 157. The number of aliphatic hydroxyl groups is 1. The van der Waals surface area contributed by atoms with Gasteiger partial charge in [-0.3, -0.25) is 0 Å². The van der Waals surface area contributed by atoms with Crippen molar-refractivity contribution in [2.24, 2.45) is 0 Å². The molecule has 0 amide bonds. The molecule has 3 heteroatoms. The van der Waals surface area contributed by atoms with Crippen LogP contribution in [-0.2, 0) is 0 Å². The summed E-state index contributed by atoms with van der Waals surface area (Å²) in [5, 5.41) is 21.0. The molecule has 0 aliphatic carbocycles. The predicted molar refractivity (Wildman–Crippen MR) is 59.7 cm³/mol. The van der Waals surface area contributed by atoms with Crippen LogP contribution in [0.5, 0.6) is 0 Å². The first-order chi connectivity index (χ1) is 6.76. The number of unbranched alkanes of at least 4 members (excludes halogenated alkanes) is 2. The number of allylic oxidation sites excluding steroid dienone is 2. The standard InChI is InChI=1S/C11H22NO2/c1-3-8-11(12(14)4-2)9-6-5-7-10-13/h8,13H,3-7,9-10H2,1-2H3/q-1. The van der Waals surface area contributed by atoms with Gasteiger partial charge >= 0.3 is 0 Å². The summed E-state index contributed by atoms with van der Waals surface area (Å²) < 4.78 is 0. The third-order valence-corrected chi connectivity index (χ3v) is 2.14. The van der Waals surface area contributed by atoms with Crippen molar-refractivity contribution >= 4 is 0 Å². The van der Waals surface area contributed by atoms with Crippen LogP contribution in [0.15, 0.2) is 11.8 Å². The highest BCUT2D eigenvalue weighted by Crippen LogP contribution is 2.13. The van der Waals surface area contributed by atoms with Gasteiger partial charge in [-0.15, -0.1) is 0 Å². The molecule has 0 heterocycles. The minimum Gasteiger partial charge on any atom is -0.759 e. The summed E-state index contributed by atoms with van der Waals surface area (Å²) in [4.78, 5) is 0. The first-order valence-electron chi connectivity index (χ1n) is 5.50. The second kappa shape index (κ2) is 9.03. The van der Waals surface area contributed by atoms with E-state index in [1.54, 1.807) is 0 Å². The average molecular weight is 200 g/mol. The van der Waals surface area contributed by atoms with Gasteiger partial charge in [-0.05, 0) is 38.3 Å². The molecule has 0 spiro atoms. The highest BCUT2D eigenvalue weighted by molar-refractivity contribution is 5.01. The van der Waals surface area contributed by atoms with E-state index in [0.717, 1.165) is 42.9 Å². The number of aliphatic hydroxyl groups excluding tert-OH is 1. The van der Waals surface area contributed by atoms with Gasteiger partial charge in [0, 0.05) is 13.2 Å². The van der Waals surface area contributed by atoms with E-state index in [1.807, 2.05) is 19.9 Å². The van der Waals surface area contributed by atoms with Crippen LogP contribution in [0.4, 0.5) is 0 Å². The van der Waals surface area contributed by atoms with Crippen molar-refractivity contribution in [3.63, 3.8) is 0 Å². The SMILES string of the molecule is CCC=C(CCCCCO)N([O-])CC. The van der Waals surface area contributed by atoms with Crippen molar-refractivity contribution in [3.05, 3.63) is 17.0 Å². The van der Waals surface area contributed by atoms with Gasteiger partial charge in [0.25, 0.3) is 0 Å². The normalized spacial score (nSPS) is 11.9. The predicted octanol–water partition coefficient (Wildman–Crippen LogP) is 2.65. The topological polar surface area (TPSA) is 46.5 Å². The van der Waals surface area contributed by atoms with Crippen LogP contribution in [0, 0.1) is 5.21 Å². The molecule has 1 N–H and O–H groups in total. The Morgan fingerprint density at radius 1 is 1.29 bits per heavy atom. The van der Waals surface area contributed by atoms with Gasteiger partial charge in [0.1, 0.15) is 0 Å². The fraction of sp³-hybridized carbons (Fsp3) is 0.818. The van der Waals surface area contributed by atoms with Crippen molar-refractivity contribution < 1.29 is 5.11 Å². The van der Waals surface area contributed by atoms with E-state index in [2.05, 4.69) is 0 Å². The molecule has 0 aliphatic rings. The lowest BCUT2D eigenvalue weighted by Crippen LogP contribution is -2.14. The molecule has 0 unspecified atom stereocenters. The Hall–Kier alpha value is -0.540. The summed E-state index contributed by atoms with van der Waals surface area (Å²) in [5.41, 5.74) is 0.896. The Labute approximate surface area is 87.0 Å². The summed E-state index contributed by atoms with van der Waals surface area (Å²) in [7, 11) is 0. The lowest BCUT2D eigenvalue weighted by atomic mass is 10.1. The molecule has 0 aliphatic heterocycles. The zero-order valence-electron chi connectivity index (χ0n) is 9.33. The van der Waals surface area contributed by atoms with Gasteiger partial charge in [-0.2, -0.15) is 0 Å². The fourth-order valence-electron chi connectivity index (χ4n) is 1.36. The first-order valence-corrected chi connectivity index (χ1v) is 5.50. The molecular weight excluding hydrogens is 178 g/mol. The van der Waals surface area contributed by atoms with Crippen LogP contribution in [0.3, 0.4) is 0 Å². The van der Waals surface area contributed by atoms with E-state index in [0.29, 0.717) is 6.54 Å². The van der Waals surface area contributed by atoms with E-state index >= 15 is 0 Å². The van der Waals surface area contributed by atoms with Crippen molar-refractivity contribution in [1.29, 1.82) is 0 Å². The van der Waals surface area contributed by atoms with Crippen LogP contribution >= 0.6 is 0 Å². The lowest BCUT2D eigenvalue weighted by molar-refractivity contribution is 0.282. The third kappa shape index (κ3) is 6.00. The van der Waals surface area contributed by atoms with Gasteiger partial charge in [-0.1, -0.05) is 19.4 Å². The van der Waals surface area contributed by atoms with E-state index in [-0.39, 0.29) is 6.61 Å². The number of hydrogen-bond acceptors (Lipinski definition) is 3. The van der Waals surface area contributed by atoms with Crippen LogP contribution < -0.4 is 0 Å². The quantitative estimate of drug-likeness (QED) is 0.484. The largest absolute Gasteiger partial charge is 0.759 e. The molecular formula is C11H22NO2-. The maximum atomic E-state index is 11.4. The molecule has 0 rings (SSSR count). The van der Waals surface area contributed by atoms with Crippen LogP contribution in [-0.4, -0.2) is 23.3 Å². The monoisotopic (exact) mass is 200 g/mol. The smallest absolute Gasteiger partial charge is 0.0431 e. The van der Waals surface area contributed by atoms with Gasteiger partial charge in [0.2, 0.25) is 0 Å². The molecule has 84 valence electrons. The first kappa shape index (κ1) is 13.5. The average Bonchev–Trinajstić information content (AvgIpc) is 2.21. The molecule has 3 nitrogen and oxygen atoms in total. The maximum absolute atomic E-state index is 11.4. The highest BCUT2D eigenvalue weighted by Gasteiger charge is 1.97. The molecule has 0 aromatic carbocycles. The van der Waals surface area contributed by atoms with Crippen LogP contribution in [0.25, 0.3) is 0 Å². The fourth-order valence-corrected chi connectivity index (χ4v) is 1.36. The van der Waals surface area contributed by atoms with E-state index in [4.69, 9.17) is 5.11 Å². The second-order valence-corrected chi connectivity index (χ2v) is 3.33. The molecule has 0 aromatic heterocycles. The lowest BCUT2D eigenvalue weighted by Gasteiger charge is -2.32. The molecule has 0 radical (unpaired) electrons. The number of nitrogens with zero attached hydrogens (tertiary/aromatic N) is 1. The second-order valence-electron chi connectivity index (χ2n) is 3.33. The third-order valence-electron chi connectivity index (χ3n) is 2.14. The minimum absolute atomic E-state index is 0.252. The molecule has 0 atom stereocenters. The Morgan fingerprint density at radius 3 is 2.50 bits per heavy atom.